The molecule has 0 aliphatic heterocycles. The van der Waals surface area contributed by atoms with Gasteiger partial charge in [0, 0.05) is 12.5 Å². The molecular weight excluding hydrogens is 238 g/mol. The third-order valence-electron chi connectivity index (χ3n) is 2.48. The van der Waals surface area contributed by atoms with Gasteiger partial charge in [0.25, 0.3) is 0 Å². The number of carbonyl (C=O) groups excluding carboxylic acids is 2. The molecule has 92 valence electrons. The van der Waals surface area contributed by atoms with Gasteiger partial charge in [-0.2, -0.15) is 0 Å². The van der Waals surface area contributed by atoms with E-state index in [2.05, 4.69) is 5.32 Å². The summed E-state index contributed by atoms with van der Waals surface area (Å²) in [5.41, 5.74) is 1.55. The standard InChI is InChI=1S/C13H16ClNO2/c1-8(14)13(17)12-6-4-11(5-7-12)9(2)15-10(3)16/h4-9H,1-3H3,(H,15,16)/t8-,9-/m1/s1. The highest BCUT2D eigenvalue weighted by atomic mass is 35.5. The molecular formula is C13H16ClNO2. The number of rotatable bonds is 4. The highest BCUT2D eigenvalue weighted by Crippen LogP contribution is 2.15. The van der Waals surface area contributed by atoms with Gasteiger partial charge in [-0.1, -0.05) is 24.3 Å². The molecule has 1 N–H and O–H groups in total. The Morgan fingerprint density at radius 1 is 1.18 bits per heavy atom. The summed E-state index contributed by atoms with van der Waals surface area (Å²) in [6.45, 7) is 5.02. The van der Waals surface area contributed by atoms with Crippen molar-refractivity contribution in [3.8, 4) is 0 Å². The van der Waals surface area contributed by atoms with Crippen LogP contribution in [0.15, 0.2) is 24.3 Å². The van der Waals surface area contributed by atoms with Crippen molar-refractivity contribution < 1.29 is 9.59 Å². The molecule has 0 unspecified atom stereocenters. The summed E-state index contributed by atoms with van der Waals surface area (Å²) < 4.78 is 0. The molecule has 0 heterocycles. The second kappa shape index (κ2) is 5.82. The molecule has 0 aliphatic rings. The molecule has 2 atom stereocenters. The fourth-order valence-electron chi connectivity index (χ4n) is 1.55. The first-order chi connectivity index (χ1) is 7.91. The third-order valence-corrected chi connectivity index (χ3v) is 2.67. The van der Waals surface area contributed by atoms with Crippen molar-refractivity contribution in [3.05, 3.63) is 35.4 Å². The average molecular weight is 254 g/mol. The van der Waals surface area contributed by atoms with Crippen molar-refractivity contribution in [2.75, 3.05) is 0 Å². The molecule has 3 nitrogen and oxygen atoms in total. The van der Waals surface area contributed by atoms with E-state index >= 15 is 0 Å². The largest absolute Gasteiger partial charge is 0.350 e. The SMILES string of the molecule is CC(=O)N[C@H](C)c1ccc(C(=O)[C@@H](C)Cl)cc1. The van der Waals surface area contributed by atoms with Crippen LogP contribution in [-0.4, -0.2) is 17.1 Å². The van der Waals surface area contributed by atoms with E-state index < -0.39 is 5.38 Å². The highest BCUT2D eigenvalue weighted by molar-refractivity contribution is 6.33. The van der Waals surface area contributed by atoms with E-state index in [-0.39, 0.29) is 17.7 Å². The molecule has 1 rings (SSSR count). The molecule has 0 aliphatic carbocycles. The van der Waals surface area contributed by atoms with Crippen LogP contribution in [0.1, 0.15) is 42.7 Å². The van der Waals surface area contributed by atoms with Gasteiger partial charge in [-0.25, -0.2) is 0 Å². The van der Waals surface area contributed by atoms with Gasteiger partial charge in [0.2, 0.25) is 5.91 Å². The Bertz CT molecular complexity index is 412. The molecule has 4 heteroatoms. The van der Waals surface area contributed by atoms with Gasteiger partial charge in [0.05, 0.1) is 11.4 Å². The minimum atomic E-state index is -0.520. The Hall–Kier alpha value is -1.35. The van der Waals surface area contributed by atoms with Crippen molar-refractivity contribution in [3.63, 3.8) is 0 Å². The highest BCUT2D eigenvalue weighted by Gasteiger charge is 2.13. The molecule has 0 radical (unpaired) electrons. The van der Waals surface area contributed by atoms with Crippen LogP contribution in [0.5, 0.6) is 0 Å². The number of carbonyl (C=O) groups is 2. The Labute approximate surface area is 106 Å². The molecule has 1 amide bonds. The minimum absolute atomic E-state index is 0.0647. The number of hydrogen-bond acceptors (Lipinski definition) is 2. The lowest BCUT2D eigenvalue weighted by Gasteiger charge is -2.13. The second-order valence-corrected chi connectivity index (χ2v) is 4.68. The third kappa shape index (κ3) is 3.86. The van der Waals surface area contributed by atoms with E-state index in [0.717, 1.165) is 5.56 Å². The van der Waals surface area contributed by atoms with Crippen molar-refractivity contribution in [1.82, 2.24) is 5.32 Å². The number of nitrogens with one attached hydrogen (secondary N) is 1. The summed E-state index contributed by atoms with van der Waals surface area (Å²) >= 11 is 5.73. The molecule has 0 fully saturated rings. The van der Waals surface area contributed by atoms with Gasteiger partial charge < -0.3 is 5.32 Å². The summed E-state index contributed by atoms with van der Waals surface area (Å²) in [4.78, 5) is 22.5. The van der Waals surface area contributed by atoms with Gasteiger partial charge in [0.1, 0.15) is 0 Å². The lowest BCUT2D eigenvalue weighted by Crippen LogP contribution is -2.23. The monoisotopic (exact) mass is 253 g/mol. The number of amides is 1. The maximum Gasteiger partial charge on any atom is 0.217 e. The number of Topliss-reactive ketones (excluding diaryl/α,β-unsaturated/α-hetero) is 1. The Morgan fingerprint density at radius 3 is 2.12 bits per heavy atom. The van der Waals surface area contributed by atoms with E-state index in [1.165, 1.54) is 6.92 Å². The van der Waals surface area contributed by atoms with Gasteiger partial charge in [-0.3, -0.25) is 9.59 Å². The van der Waals surface area contributed by atoms with Crippen LogP contribution < -0.4 is 5.32 Å². The Morgan fingerprint density at radius 2 is 1.71 bits per heavy atom. The maximum absolute atomic E-state index is 11.6. The maximum atomic E-state index is 11.6. The number of hydrogen-bond donors (Lipinski definition) is 1. The van der Waals surface area contributed by atoms with Gasteiger partial charge in [0.15, 0.2) is 5.78 Å². The van der Waals surface area contributed by atoms with Gasteiger partial charge >= 0.3 is 0 Å². The van der Waals surface area contributed by atoms with Crippen molar-refractivity contribution in [1.29, 1.82) is 0 Å². The first-order valence-electron chi connectivity index (χ1n) is 5.47. The van der Waals surface area contributed by atoms with E-state index in [9.17, 15) is 9.59 Å². The van der Waals surface area contributed by atoms with Crippen LogP contribution in [0.25, 0.3) is 0 Å². The quantitative estimate of drug-likeness (QED) is 0.662. The number of benzene rings is 1. The smallest absolute Gasteiger partial charge is 0.217 e. The zero-order valence-electron chi connectivity index (χ0n) is 10.2. The van der Waals surface area contributed by atoms with E-state index in [1.54, 1.807) is 19.1 Å². The molecule has 0 spiro atoms. The first-order valence-corrected chi connectivity index (χ1v) is 5.90. The second-order valence-electron chi connectivity index (χ2n) is 4.02. The predicted molar refractivity (Wildman–Crippen MR) is 68.3 cm³/mol. The first kappa shape index (κ1) is 13.7. The number of halogens is 1. The molecule has 1 aromatic rings. The van der Waals surface area contributed by atoms with Gasteiger partial charge in [-0.15, -0.1) is 11.6 Å². The Balaban J connectivity index is 2.81. The zero-order valence-corrected chi connectivity index (χ0v) is 10.9. The molecule has 0 bridgehead atoms. The normalized spacial score (nSPS) is 13.9. The number of ketones is 1. The summed E-state index contributed by atoms with van der Waals surface area (Å²) in [5.74, 6) is -0.169. The van der Waals surface area contributed by atoms with Gasteiger partial charge in [-0.05, 0) is 19.4 Å². The molecule has 0 saturated carbocycles. The lowest BCUT2D eigenvalue weighted by molar-refractivity contribution is -0.119. The fourth-order valence-corrected chi connectivity index (χ4v) is 1.68. The Kier molecular flexibility index (Phi) is 4.70. The van der Waals surface area contributed by atoms with E-state index in [0.29, 0.717) is 5.56 Å². The van der Waals surface area contributed by atoms with Crippen molar-refractivity contribution >= 4 is 23.3 Å². The topological polar surface area (TPSA) is 46.2 Å². The number of alkyl halides is 1. The average Bonchev–Trinajstić information content (AvgIpc) is 2.27. The molecule has 0 aromatic heterocycles. The van der Waals surface area contributed by atoms with E-state index in [1.807, 2.05) is 19.1 Å². The van der Waals surface area contributed by atoms with Crippen LogP contribution in [-0.2, 0) is 4.79 Å². The fraction of sp³-hybridized carbons (Fsp3) is 0.385. The zero-order chi connectivity index (χ0) is 13.0. The van der Waals surface area contributed by atoms with Crippen LogP contribution >= 0.6 is 11.6 Å². The summed E-state index contributed by atoms with van der Waals surface area (Å²) in [5, 5.41) is 2.26. The summed E-state index contributed by atoms with van der Waals surface area (Å²) in [6, 6.07) is 7.05. The van der Waals surface area contributed by atoms with Crippen molar-refractivity contribution in [2.45, 2.75) is 32.2 Å². The van der Waals surface area contributed by atoms with Crippen LogP contribution in [0.4, 0.5) is 0 Å². The molecule has 0 saturated heterocycles. The van der Waals surface area contributed by atoms with E-state index in [4.69, 9.17) is 11.6 Å². The van der Waals surface area contributed by atoms with Crippen LogP contribution in [0, 0.1) is 0 Å². The summed E-state index contributed by atoms with van der Waals surface area (Å²) in [7, 11) is 0. The summed E-state index contributed by atoms with van der Waals surface area (Å²) in [6.07, 6.45) is 0. The lowest BCUT2D eigenvalue weighted by atomic mass is 10.0. The molecule has 17 heavy (non-hydrogen) atoms. The minimum Gasteiger partial charge on any atom is -0.350 e. The van der Waals surface area contributed by atoms with Crippen LogP contribution in [0.3, 0.4) is 0 Å². The van der Waals surface area contributed by atoms with Crippen LogP contribution in [0.2, 0.25) is 0 Å². The predicted octanol–water partition coefficient (Wildman–Crippen LogP) is 2.69. The van der Waals surface area contributed by atoms with Crippen molar-refractivity contribution in [2.24, 2.45) is 0 Å². The molecule has 1 aromatic carbocycles.